The molecule has 2 aromatic rings. The number of imidazole rings is 1. The number of aryl methyl sites for hydroxylation is 1. The number of nitrogens with one attached hydrogen (secondary N) is 1. The summed E-state index contributed by atoms with van der Waals surface area (Å²) in [4.78, 5) is 17.5. The number of rotatable bonds is 2. The van der Waals surface area contributed by atoms with Crippen LogP contribution < -0.4 is 5.73 Å². The summed E-state index contributed by atoms with van der Waals surface area (Å²) in [5.41, 5.74) is 5.55. The number of aromatic nitrogens is 5. The minimum Gasteiger partial charge on any atom is -0.366 e. The maximum Gasteiger partial charge on any atom is 0.393 e. The summed E-state index contributed by atoms with van der Waals surface area (Å²) in [5.74, 6) is -0.0339. The van der Waals surface area contributed by atoms with Gasteiger partial charge in [0.15, 0.2) is 11.5 Å². The first-order chi connectivity index (χ1) is 7.09. The summed E-state index contributed by atoms with van der Waals surface area (Å²) < 4.78 is 1.47. The maximum absolute atomic E-state index is 10.7. The Morgan fingerprint density at radius 2 is 2.40 bits per heavy atom. The van der Waals surface area contributed by atoms with Crippen molar-refractivity contribution in [1.82, 2.24) is 24.7 Å². The molecule has 0 saturated heterocycles. The summed E-state index contributed by atoms with van der Waals surface area (Å²) in [5, 5.41) is 16.7. The molecular weight excluding hydrogens is 202 g/mol. The van der Waals surface area contributed by atoms with Crippen LogP contribution in [0.3, 0.4) is 0 Å². The molecule has 0 unspecified atom stereocenters. The Morgan fingerprint density at radius 3 is 2.93 bits per heavy atom. The molecule has 0 atom stereocenters. The van der Waals surface area contributed by atoms with E-state index in [4.69, 9.17) is 5.73 Å². The third kappa shape index (κ3) is 1.39. The fraction of sp³-hybridized carbons (Fsp3) is 0.167. The number of aromatic amines is 1. The normalized spacial score (nSPS) is 10.5. The van der Waals surface area contributed by atoms with Gasteiger partial charge in [0.2, 0.25) is 12.3 Å². The smallest absolute Gasteiger partial charge is 0.366 e. The van der Waals surface area contributed by atoms with Crippen LogP contribution in [0.2, 0.25) is 0 Å². The van der Waals surface area contributed by atoms with Gasteiger partial charge in [-0.05, 0) is 9.91 Å². The lowest BCUT2D eigenvalue weighted by Crippen LogP contribution is -1.96. The second kappa shape index (κ2) is 3.04. The van der Waals surface area contributed by atoms with Crippen molar-refractivity contribution in [1.29, 1.82) is 0 Å². The molecule has 0 spiro atoms. The summed E-state index contributed by atoms with van der Waals surface area (Å²) >= 11 is 0. The van der Waals surface area contributed by atoms with Gasteiger partial charge in [-0.1, -0.05) is 0 Å². The molecule has 78 valence electrons. The predicted octanol–water partition coefficient (Wildman–Crippen LogP) is -0.304. The topological polar surface area (TPSA) is 129 Å². The molecule has 9 nitrogen and oxygen atoms in total. The molecule has 15 heavy (non-hydrogen) atoms. The molecule has 0 radical (unpaired) electrons. The van der Waals surface area contributed by atoms with Gasteiger partial charge in [0.25, 0.3) is 0 Å². The van der Waals surface area contributed by atoms with E-state index in [-0.39, 0.29) is 23.3 Å². The Bertz CT molecular complexity index is 513. The van der Waals surface area contributed by atoms with Crippen LogP contribution in [0, 0.1) is 10.1 Å². The fourth-order valence-corrected chi connectivity index (χ4v) is 1.21. The number of nitro groups is 1. The molecule has 0 fully saturated rings. The second-order valence-electron chi connectivity index (χ2n) is 2.83. The van der Waals surface area contributed by atoms with Crippen molar-refractivity contribution in [2.75, 3.05) is 5.73 Å². The van der Waals surface area contributed by atoms with Gasteiger partial charge in [0.1, 0.15) is 0 Å². The van der Waals surface area contributed by atoms with E-state index in [0.29, 0.717) is 0 Å². The van der Waals surface area contributed by atoms with Gasteiger partial charge in [0, 0.05) is 7.05 Å². The highest BCUT2D eigenvalue weighted by molar-refractivity contribution is 5.61. The number of anilines is 1. The Morgan fingerprint density at radius 1 is 1.67 bits per heavy atom. The molecule has 2 rings (SSSR count). The van der Waals surface area contributed by atoms with Crippen LogP contribution in [0.25, 0.3) is 11.5 Å². The van der Waals surface area contributed by atoms with Crippen LogP contribution in [0.4, 0.5) is 11.8 Å². The maximum atomic E-state index is 10.7. The summed E-state index contributed by atoms with van der Waals surface area (Å²) in [7, 11) is 1.62. The van der Waals surface area contributed by atoms with E-state index in [1.165, 1.54) is 10.9 Å². The van der Waals surface area contributed by atoms with E-state index in [2.05, 4.69) is 20.2 Å². The molecule has 0 aliphatic carbocycles. The molecular formula is C6H7N7O2. The Kier molecular flexibility index (Phi) is 1.85. The molecule has 0 aliphatic heterocycles. The molecule has 9 heteroatoms. The van der Waals surface area contributed by atoms with Crippen molar-refractivity contribution < 1.29 is 4.92 Å². The van der Waals surface area contributed by atoms with Crippen LogP contribution in [-0.4, -0.2) is 29.7 Å². The van der Waals surface area contributed by atoms with Crippen LogP contribution in [0.15, 0.2) is 6.33 Å². The molecule has 0 aromatic carbocycles. The first-order valence-corrected chi connectivity index (χ1v) is 3.93. The van der Waals surface area contributed by atoms with Crippen molar-refractivity contribution in [2.24, 2.45) is 7.05 Å². The van der Waals surface area contributed by atoms with Crippen molar-refractivity contribution in [2.45, 2.75) is 0 Å². The number of nitrogens with zero attached hydrogens (tertiary/aromatic N) is 5. The van der Waals surface area contributed by atoms with E-state index in [1.54, 1.807) is 7.05 Å². The Balaban J connectivity index is 2.60. The van der Waals surface area contributed by atoms with E-state index < -0.39 is 4.92 Å². The van der Waals surface area contributed by atoms with Gasteiger partial charge in [-0.3, -0.25) is 5.10 Å². The summed E-state index contributed by atoms with van der Waals surface area (Å²) in [6, 6.07) is 0. The van der Waals surface area contributed by atoms with Crippen LogP contribution in [0.1, 0.15) is 0 Å². The Hall–Kier alpha value is -2.45. The zero-order valence-corrected chi connectivity index (χ0v) is 7.71. The number of hydrogen-bond donors (Lipinski definition) is 2. The summed E-state index contributed by atoms with van der Waals surface area (Å²) in [6.07, 6.45) is 1.33. The average Bonchev–Trinajstić information content (AvgIpc) is 2.71. The monoisotopic (exact) mass is 209 g/mol. The van der Waals surface area contributed by atoms with Crippen LogP contribution in [0.5, 0.6) is 0 Å². The fourth-order valence-electron chi connectivity index (χ4n) is 1.21. The molecule has 2 heterocycles. The van der Waals surface area contributed by atoms with Gasteiger partial charge in [-0.15, -0.1) is 5.10 Å². The highest BCUT2D eigenvalue weighted by Gasteiger charge is 2.24. The zero-order valence-electron chi connectivity index (χ0n) is 7.71. The lowest BCUT2D eigenvalue weighted by molar-refractivity contribution is -0.388. The quantitative estimate of drug-likeness (QED) is 0.515. The molecule has 0 amide bonds. The molecule has 0 bridgehead atoms. The largest absolute Gasteiger partial charge is 0.393 e. The average molecular weight is 209 g/mol. The standard InChI is InChI=1S/C6H7N7O2/c1-12-2-8-5(13(14)15)3(12)4-9-6(7)11-10-4/h2H,1H3,(H3,7,9,10,11). The van der Waals surface area contributed by atoms with E-state index >= 15 is 0 Å². The third-order valence-corrected chi connectivity index (χ3v) is 1.82. The van der Waals surface area contributed by atoms with E-state index in [9.17, 15) is 10.1 Å². The molecule has 0 saturated carbocycles. The SMILES string of the molecule is Cn1cnc([N+](=O)[O-])c1-c1nc(N)n[nH]1. The highest BCUT2D eigenvalue weighted by Crippen LogP contribution is 2.24. The number of hydrogen-bond acceptors (Lipinski definition) is 6. The van der Waals surface area contributed by atoms with Gasteiger partial charge in [0.05, 0.1) is 0 Å². The number of nitrogens with two attached hydrogens (primary N) is 1. The minimum absolute atomic E-state index is 0.0282. The van der Waals surface area contributed by atoms with Gasteiger partial charge >= 0.3 is 5.82 Å². The molecule has 0 aliphatic rings. The lowest BCUT2D eigenvalue weighted by atomic mass is 10.4. The first kappa shape index (κ1) is 9.12. The Labute approximate surface area is 83.1 Å². The van der Waals surface area contributed by atoms with Crippen LogP contribution >= 0.6 is 0 Å². The third-order valence-electron chi connectivity index (χ3n) is 1.82. The van der Waals surface area contributed by atoms with E-state index in [0.717, 1.165) is 0 Å². The van der Waals surface area contributed by atoms with Crippen LogP contribution in [-0.2, 0) is 7.05 Å². The molecule has 3 N–H and O–H groups in total. The van der Waals surface area contributed by atoms with Crippen molar-refractivity contribution in [3.05, 3.63) is 16.4 Å². The van der Waals surface area contributed by atoms with E-state index in [1.807, 2.05) is 0 Å². The highest BCUT2D eigenvalue weighted by atomic mass is 16.6. The van der Waals surface area contributed by atoms with Gasteiger partial charge in [-0.2, -0.15) is 4.98 Å². The van der Waals surface area contributed by atoms with Gasteiger partial charge in [-0.25, -0.2) is 0 Å². The van der Waals surface area contributed by atoms with Crippen molar-refractivity contribution in [3.8, 4) is 11.5 Å². The zero-order chi connectivity index (χ0) is 11.0. The number of nitrogen functional groups attached to an aromatic ring is 1. The minimum atomic E-state index is -0.589. The molecule has 2 aromatic heterocycles. The van der Waals surface area contributed by atoms with Crippen molar-refractivity contribution in [3.63, 3.8) is 0 Å². The summed E-state index contributed by atoms with van der Waals surface area (Å²) in [6.45, 7) is 0. The second-order valence-corrected chi connectivity index (χ2v) is 2.83. The predicted molar refractivity (Wildman–Crippen MR) is 49.7 cm³/mol. The first-order valence-electron chi connectivity index (χ1n) is 3.93. The van der Waals surface area contributed by atoms with Gasteiger partial charge < -0.3 is 20.4 Å². The number of H-pyrrole nitrogens is 1. The van der Waals surface area contributed by atoms with Crippen molar-refractivity contribution >= 4 is 11.8 Å². The lowest BCUT2D eigenvalue weighted by Gasteiger charge is -1.95.